The molecule has 1 aliphatic heterocycles. The Bertz CT molecular complexity index is 684. The highest BCUT2D eigenvalue weighted by Gasteiger charge is 2.33. The molecule has 0 aliphatic carbocycles. The first-order valence-corrected chi connectivity index (χ1v) is 8.29. The normalized spacial score (nSPS) is 15.9. The van der Waals surface area contributed by atoms with Gasteiger partial charge in [0.15, 0.2) is 0 Å². The molecule has 3 amide bonds. The van der Waals surface area contributed by atoms with E-state index >= 15 is 0 Å². The van der Waals surface area contributed by atoms with E-state index in [1.165, 1.54) is 11.0 Å². The van der Waals surface area contributed by atoms with Crippen LogP contribution >= 0.6 is 0 Å². The van der Waals surface area contributed by atoms with Gasteiger partial charge in [0.2, 0.25) is 11.8 Å². The van der Waals surface area contributed by atoms with Gasteiger partial charge in [0, 0.05) is 24.1 Å². The third kappa shape index (κ3) is 5.15. The van der Waals surface area contributed by atoms with E-state index in [-0.39, 0.29) is 30.4 Å². The fraction of sp³-hybridized carbons (Fsp3) is 0.389. The fourth-order valence-electron chi connectivity index (χ4n) is 2.72. The van der Waals surface area contributed by atoms with Crippen molar-refractivity contribution in [1.29, 1.82) is 0 Å². The van der Waals surface area contributed by atoms with Gasteiger partial charge in [-0.2, -0.15) is 0 Å². The Kier molecular flexibility index (Phi) is 6.71. The second kappa shape index (κ2) is 8.98. The summed E-state index contributed by atoms with van der Waals surface area (Å²) in [5.41, 5.74) is 2.48. The highest BCUT2D eigenvalue weighted by Crippen LogP contribution is 2.25. The Morgan fingerprint density at radius 3 is 2.60 bits per heavy atom. The molecule has 0 radical (unpaired) electrons. The third-order valence-corrected chi connectivity index (χ3v) is 4.09. The summed E-state index contributed by atoms with van der Waals surface area (Å²) in [5.74, 6) is -0.885. The second-order valence-corrected chi connectivity index (χ2v) is 5.95. The molecule has 1 saturated heterocycles. The van der Waals surface area contributed by atoms with Crippen LogP contribution in [0.15, 0.2) is 29.8 Å². The average molecular weight is 346 g/mol. The van der Waals surface area contributed by atoms with E-state index in [4.69, 9.17) is 5.21 Å². The Morgan fingerprint density at radius 1 is 1.16 bits per heavy atom. The van der Waals surface area contributed by atoms with E-state index in [0.29, 0.717) is 30.5 Å². The number of carbonyl (C=O) groups excluding carboxylic acids is 3. The number of hydrogen-bond donors (Lipinski definition) is 3. The summed E-state index contributed by atoms with van der Waals surface area (Å²) in [6.07, 6.45) is 4.74. The number of hydrogen-bond acceptors (Lipinski definition) is 5. The highest BCUT2D eigenvalue weighted by molar-refractivity contribution is 6.15. The van der Waals surface area contributed by atoms with Crippen LogP contribution in [0.2, 0.25) is 0 Å². The van der Waals surface area contributed by atoms with Crippen molar-refractivity contribution in [3.8, 4) is 5.75 Å². The average Bonchev–Trinajstić information content (AvgIpc) is 2.86. The predicted molar refractivity (Wildman–Crippen MR) is 90.4 cm³/mol. The molecule has 0 saturated carbocycles. The summed E-state index contributed by atoms with van der Waals surface area (Å²) < 4.78 is 0. The van der Waals surface area contributed by atoms with Crippen LogP contribution in [0.5, 0.6) is 5.75 Å². The van der Waals surface area contributed by atoms with Gasteiger partial charge in [-0.25, -0.2) is 5.48 Å². The molecule has 7 heteroatoms. The number of phenols is 1. The number of aromatic hydroxyl groups is 1. The fourth-order valence-corrected chi connectivity index (χ4v) is 2.72. The van der Waals surface area contributed by atoms with E-state index < -0.39 is 5.91 Å². The number of nitrogens with one attached hydrogen (secondary N) is 1. The molecule has 0 spiro atoms. The zero-order valence-corrected chi connectivity index (χ0v) is 13.9. The number of unbranched alkanes of at least 4 members (excludes halogenated alkanes) is 3. The summed E-state index contributed by atoms with van der Waals surface area (Å²) in [7, 11) is 0. The SMILES string of the molecule is O=C(CCCCCCN1C(=O)CC(=Cc2ccccc2O)C1=O)NO. The number of hydroxylamine groups is 1. The van der Waals surface area contributed by atoms with Crippen molar-refractivity contribution < 1.29 is 24.7 Å². The van der Waals surface area contributed by atoms with Crippen LogP contribution < -0.4 is 5.48 Å². The Hall–Kier alpha value is -2.67. The van der Waals surface area contributed by atoms with Gasteiger partial charge < -0.3 is 5.11 Å². The van der Waals surface area contributed by atoms with Gasteiger partial charge in [-0.3, -0.25) is 24.5 Å². The minimum absolute atomic E-state index is 0.0455. The molecule has 7 nitrogen and oxygen atoms in total. The molecule has 25 heavy (non-hydrogen) atoms. The van der Waals surface area contributed by atoms with Crippen molar-refractivity contribution in [2.45, 2.75) is 38.5 Å². The molecule has 1 aromatic rings. The van der Waals surface area contributed by atoms with E-state index in [2.05, 4.69) is 0 Å². The molecule has 0 bridgehead atoms. The second-order valence-electron chi connectivity index (χ2n) is 5.95. The van der Waals surface area contributed by atoms with Crippen LogP contribution in [-0.2, 0) is 14.4 Å². The van der Waals surface area contributed by atoms with E-state index in [9.17, 15) is 19.5 Å². The maximum atomic E-state index is 12.4. The minimum atomic E-state index is -0.413. The first-order valence-electron chi connectivity index (χ1n) is 8.29. The number of para-hydroxylation sites is 1. The summed E-state index contributed by atoms with van der Waals surface area (Å²) >= 11 is 0. The molecule has 1 aliphatic rings. The van der Waals surface area contributed by atoms with Crippen molar-refractivity contribution in [2.75, 3.05) is 6.54 Å². The van der Waals surface area contributed by atoms with E-state index in [1.54, 1.807) is 29.8 Å². The van der Waals surface area contributed by atoms with Crippen molar-refractivity contribution in [3.05, 3.63) is 35.4 Å². The quantitative estimate of drug-likeness (QED) is 0.219. The maximum Gasteiger partial charge on any atom is 0.256 e. The molecule has 1 heterocycles. The molecular weight excluding hydrogens is 324 g/mol. The standard InChI is InChI=1S/C18H22N2O5/c21-15-8-5-4-7-13(15)11-14-12-17(23)20(18(14)24)10-6-2-1-3-9-16(22)19-25/h4-5,7-8,11,21,25H,1-3,6,9-10,12H2,(H,19,22). The Balaban J connectivity index is 1.83. The summed E-state index contributed by atoms with van der Waals surface area (Å²) in [5, 5.41) is 18.2. The van der Waals surface area contributed by atoms with Crippen molar-refractivity contribution in [3.63, 3.8) is 0 Å². The zero-order valence-electron chi connectivity index (χ0n) is 13.9. The van der Waals surface area contributed by atoms with Crippen molar-refractivity contribution in [2.24, 2.45) is 0 Å². The van der Waals surface area contributed by atoms with Crippen LogP contribution in [0.3, 0.4) is 0 Å². The monoisotopic (exact) mass is 346 g/mol. The molecule has 1 aromatic carbocycles. The Morgan fingerprint density at radius 2 is 1.88 bits per heavy atom. The molecule has 0 atom stereocenters. The van der Waals surface area contributed by atoms with Gasteiger partial charge in [-0.1, -0.05) is 31.0 Å². The number of rotatable bonds is 8. The first kappa shape index (κ1) is 18.7. The molecule has 134 valence electrons. The van der Waals surface area contributed by atoms with Crippen molar-refractivity contribution >= 4 is 23.8 Å². The lowest BCUT2D eigenvalue weighted by molar-refractivity contribution is -0.137. The van der Waals surface area contributed by atoms with Gasteiger partial charge in [-0.15, -0.1) is 0 Å². The lowest BCUT2D eigenvalue weighted by Gasteiger charge is -2.13. The topological polar surface area (TPSA) is 107 Å². The zero-order chi connectivity index (χ0) is 18.2. The minimum Gasteiger partial charge on any atom is -0.507 e. The number of nitrogens with zero attached hydrogens (tertiary/aromatic N) is 1. The summed E-state index contributed by atoms with van der Waals surface area (Å²) in [4.78, 5) is 36.5. The van der Waals surface area contributed by atoms with Crippen LogP contribution in [-0.4, -0.2) is 39.5 Å². The molecule has 3 N–H and O–H groups in total. The molecule has 1 fully saturated rings. The summed E-state index contributed by atoms with van der Waals surface area (Å²) in [6.45, 7) is 0.349. The van der Waals surface area contributed by atoms with Gasteiger partial charge in [0.05, 0.1) is 6.42 Å². The number of phenolic OH excluding ortho intramolecular Hbond substituents is 1. The number of imide groups is 1. The molecule has 0 aromatic heterocycles. The molecular formula is C18H22N2O5. The molecule has 0 unspecified atom stereocenters. The predicted octanol–water partition coefficient (Wildman–Crippen LogP) is 1.99. The third-order valence-electron chi connectivity index (χ3n) is 4.09. The smallest absolute Gasteiger partial charge is 0.256 e. The number of likely N-dealkylation sites (tertiary alicyclic amines) is 1. The molecule has 2 rings (SSSR count). The van der Waals surface area contributed by atoms with Crippen LogP contribution in [0.1, 0.15) is 44.1 Å². The van der Waals surface area contributed by atoms with Gasteiger partial charge >= 0.3 is 0 Å². The van der Waals surface area contributed by atoms with Crippen LogP contribution in [0.4, 0.5) is 0 Å². The van der Waals surface area contributed by atoms with Crippen LogP contribution in [0.25, 0.3) is 6.08 Å². The first-order chi connectivity index (χ1) is 12.0. The number of carbonyl (C=O) groups is 3. The Labute approximate surface area is 145 Å². The van der Waals surface area contributed by atoms with Crippen molar-refractivity contribution in [1.82, 2.24) is 10.4 Å². The van der Waals surface area contributed by atoms with E-state index in [0.717, 1.165) is 12.8 Å². The van der Waals surface area contributed by atoms with Gasteiger partial charge in [0.25, 0.3) is 5.91 Å². The lowest BCUT2D eigenvalue weighted by Crippen LogP contribution is -2.30. The lowest BCUT2D eigenvalue weighted by atomic mass is 10.1. The summed E-state index contributed by atoms with van der Waals surface area (Å²) in [6, 6.07) is 6.66. The van der Waals surface area contributed by atoms with Gasteiger partial charge in [-0.05, 0) is 25.0 Å². The van der Waals surface area contributed by atoms with Gasteiger partial charge in [0.1, 0.15) is 5.75 Å². The largest absolute Gasteiger partial charge is 0.507 e. The maximum absolute atomic E-state index is 12.4. The number of benzene rings is 1. The highest BCUT2D eigenvalue weighted by atomic mass is 16.5. The number of amides is 3. The van der Waals surface area contributed by atoms with Crippen LogP contribution in [0, 0.1) is 0 Å². The van der Waals surface area contributed by atoms with E-state index in [1.807, 2.05) is 0 Å².